The number of rotatable bonds is 2. The molecule has 4 rings (SSSR count). The number of ether oxygens (including phenoxy) is 1. The van der Waals surface area contributed by atoms with Crippen LogP contribution in [0.25, 0.3) is 21.9 Å². The van der Waals surface area contributed by atoms with Crippen molar-refractivity contribution in [3.63, 3.8) is 0 Å². The highest BCUT2D eigenvalue weighted by molar-refractivity contribution is 6.09. The zero-order valence-electron chi connectivity index (χ0n) is 12.2. The van der Waals surface area contributed by atoms with Crippen LogP contribution in [0.3, 0.4) is 0 Å². The highest BCUT2D eigenvalue weighted by Crippen LogP contribution is 2.35. The lowest BCUT2D eigenvalue weighted by Crippen LogP contribution is -2.44. The molecule has 6 nitrogen and oxygen atoms in total. The van der Waals surface area contributed by atoms with Crippen LogP contribution in [0.2, 0.25) is 0 Å². The van der Waals surface area contributed by atoms with Gasteiger partial charge in [-0.3, -0.25) is 0 Å². The van der Waals surface area contributed by atoms with E-state index in [2.05, 4.69) is 20.3 Å². The first-order chi connectivity index (χ1) is 11.3. The molecule has 1 aliphatic heterocycles. The summed E-state index contributed by atoms with van der Waals surface area (Å²) in [6.45, 7) is 0.942. The zero-order valence-corrected chi connectivity index (χ0v) is 12.2. The van der Waals surface area contributed by atoms with Gasteiger partial charge in [0.15, 0.2) is 11.4 Å². The summed E-state index contributed by atoms with van der Waals surface area (Å²) >= 11 is 0. The maximum absolute atomic E-state index is 14.1. The second-order valence-corrected chi connectivity index (χ2v) is 5.53. The van der Waals surface area contributed by atoms with E-state index in [-0.39, 0.29) is 12.2 Å². The molecule has 2 unspecified atom stereocenters. The first kappa shape index (κ1) is 13.9. The number of pyridine rings is 2. The van der Waals surface area contributed by atoms with Crippen LogP contribution in [0.4, 0.5) is 4.39 Å². The fourth-order valence-corrected chi connectivity index (χ4v) is 2.96. The van der Waals surface area contributed by atoms with Gasteiger partial charge in [-0.2, -0.15) is 5.26 Å². The number of H-pyrrole nitrogens is 1. The Morgan fingerprint density at radius 1 is 1.39 bits per heavy atom. The summed E-state index contributed by atoms with van der Waals surface area (Å²) in [6, 6.07) is 5.75. The van der Waals surface area contributed by atoms with Crippen molar-refractivity contribution >= 4 is 21.9 Å². The normalized spacial score (nSPS) is 21.4. The molecule has 7 heteroatoms. The number of hydrogen-bond acceptors (Lipinski definition) is 5. The molecule has 1 saturated heterocycles. The van der Waals surface area contributed by atoms with Crippen molar-refractivity contribution in [2.45, 2.75) is 18.7 Å². The van der Waals surface area contributed by atoms with Gasteiger partial charge in [0.25, 0.3) is 0 Å². The van der Waals surface area contributed by atoms with E-state index in [0.717, 1.165) is 16.3 Å². The maximum Gasteiger partial charge on any atom is 0.183 e. The molecule has 2 N–H and O–H groups in total. The Hall–Kier alpha value is -2.72. The monoisotopic (exact) mass is 311 g/mol. The first-order valence-corrected chi connectivity index (χ1v) is 7.45. The van der Waals surface area contributed by atoms with E-state index in [1.54, 1.807) is 12.4 Å². The first-order valence-electron chi connectivity index (χ1n) is 7.45. The van der Waals surface area contributed by atoms with Crippen LogP contribution in [0.1, 0.15) is 12.1 Å². The Morgan fingerprint density at radius 2 is 2.30 bits per heavy atom. The number of nitriles is 1. The van der Waals surface area contributed by atoms with Crippen molar-refractivity contribution in [1.29, 1.82) is 5.26 Å². The third-order valence-electron chi connectivity index (χ3n) is 4.09. The van der Waals surface area contributed by atoms with E-state index in [4.69, 9.17) is 4.74 Å². The second kappa shape index (κ2) is 5.48. The lowest BCUT2D eigenvalue weighted by Gasteiger charge is -2.27. The molecule has 0 aromatic carbocycles. The molecular formula is C16H14FN5O. The summed E-state index contributed by atoms with van der Waals surface area (Å²) in [7, 11) is 0. The third-order valence-corrected chi connectivity index (χ3v) is 4.09. The number of alkyl halides is 1. The smallest absolute Gasteiger partial charge is 0.183 e. The number of aromatic nitrogens is 3. The highest BCUT2D eigenvalue weighted by atomic mass is 19.1. The SMILES string of the molecule is N#Cc1ncc2[nH]c3ncccc3c2c1OC1CCNCC1F. The molecule has 0 radical (unpaired) electrons. The Balaban J connectivity index is 1.90. The fourth-order valence-electron chi connectivity index (χ4n) is 2.96. The van der Waals surface area contributed by atoms with Gasteiger partial charge in [-0.15, -0.1) is 0 Å². The molecule has 0 saturated carbocycles. The van der Waals surface area contributed by atoms with Crippen LogP contribution in [0.15, 0.2) is 24.5 Å². The molecule has 116 valence electrons. The maximum atomic E-state index is 14.1. The van der Waals surface area contributed by atoms with Crippen LogP contribution < -0.4 is 10.1 Å². The fraction of sp³-hybridized carbons (Fsp3) is 0.312. The number of aromatic amines is 1. The molecule has 3 aromatic rings. The summed E-state index contributed by atoms with van der Waals surface area (Å²) in [5.41, 5.74) is 1.57. The van der Waals surface area contributed by atoms with Crippen LogP contribution in [0, 0.1) is 11.3 Å². The Bertz CT molecular complexity index is 916. The van der Waals surface area contributed by atoms with E-state index in [0.29, 0.717) is 24.4 Å². The van der Waals surface area contributed by atoms with Gasteiger partial charge < -0.3 is 15.0 Å². The van der Waals surface area contributed by atoms with Gasteiger partial charge in [0, 0.05) is 18.1 Å². The topological polar surface area (TPSA) is 86.6 Å². The second-order valence-electron chi connectivity index (χ2n) is 5.53. The van der Waals surface area contributed by atoms with E-state index in [9.17, 15) is 9.65 Å². The van der Waals surface area contributed by atoms with E-state index in [1.807, 2.05) is 18.2 Å². The van der Waals surface area contributed by atoms with Crippen LogP contribution in [-0.4, -0.2) is 40.3 Å². The van der Waals surface area contributed by atoms with Gasteiger partial charge in [0.05, 0.1) is 17.1 Å². The molecule has 2 atom stereocenters. The van der Waals surface area contributed by atoms with Crippen LogP contribution in [-0.2, 0) is 0 Å². The average molecular weight is 311 g/mol. The number of halogens is 1. The van der Waals surface area contributed by atoms with Gasteiger partial charge in [0.2, 0.25) is 0 Å². The van der Waals surface area contributed by atoms with Gasteiger partial charge in [0.1, 0.15) is 24.0 Å². The van der Waals surface area contributed by atoms with Crippen molar-refractivity contribution in [3.8, 4) is 11.8 Å². The molecule has 1 fully saturated rings. The van der Waals surface area contributed by atoms with E-state index >= 15 is 0 Å². The molecule has 3 aromatic heterocycles. The number of nitrogens with one attached hydrogen (secondary N) is 2. The summed E-state index contributed by atoms with van der Waals surface area (Å²) in [6.07, 6.45) is 2.11. The van der Waals surface area contributed by atoms with Crippen LogP contribution >= 0.6 is 0 Å². The van der Waals surface area contributed by atoms with Crippen molar-refractivity contribution in [1.82, 2.24) is 20.3 Å². The zero-order chi connectivity index (χ0) is 15.8. The molecule has 23 heavy (non-hydrogen) atoms. The van der Waals surface area contributed by atoms with E-state index < -0.39 is 12.3 Å². The number of hydrogen-bond donors (Lipinski definition) is 2. The van der Waals surface area contributed by atoms with Crippen LogP contribution in [0.5, 0.6) is 5.75 Å². The Morgan fingerprint density at radius 3 is 3.13 bits per heavy atom. The Labute approximate surface area is 131 Å². The summed E-state index contributed by atoms with van der Waals surface area (Å²) < 4.78 is 20.0. The minimum atomic E-state index is -1.12. The van der Waals surface area contributed by atoms with Gasteiger partial charge in [-0.25, -0.2) is 14.4 Å². The van der Waals surface area contributed by atoms with Crippen molar-refractivity contribution in [3.05, 3.63) is 30.2 Å². The van der Waals surface area contributed by atoms with Crippen molar-refractivity contribution in [2.75, 3.05) is 13.1 Å². The molecule has 0 aliphatic carbocycles. The standard InChI is InChI=1S/C16H14FN5O/c17-10-7-19-5-3-13(10)23-15-11(6-18)21-8-12-14(15)9-2-1-4-20-16(9)22-12/h1-2,4,8,10,13,19H,3,5,7H2,(H,20,22). The van der Waals surface area contributed by atoms with Crippen molar-refractivity contribution in [2.24, 2.45) is 0 Å². The molecule has 4 heterocycles. The van der Waals surface area contributed by atoms with Gasteiger partial charge in [-0.1, -0.05) is 0 Å². The lowest BCUT2D eigenvalue weighted by atomic mass is 10.1. The van der Waals surface area contributed by atoms with Crippen molar-refractivity contribution < 1.29 is 9.13 Å². The minimum absolute atomic E-state index is 0.160. The summed E-state index contributed by atoms with van der Waals surface area (Å²) in [5.74, 6) is 0.332. The van der Waals surface area contributed by atoms with Gasteiger partial charge in [-0.05, 0) is 25.1 Å². The highest BCUT2D eigenvalue weighted by Gasteiger charge is 2.28. The number of fused-ring (bicyclic) bond motifs is 3. The summed E-state index contributed by atoms with van der Waals surface area (Å²) in [4.78, 5) is 11.5. The quantitative estimate of drug-likeness (QED) is 0.756. The van der Waals surface area contributed by atoms with E-state index in [1.165, 1.54) is 0 Å². The molecule has 1 aliphatic rings. The lowest BCUT2D eigenvalue weighted by molar-refractivity contribution is 0.0739. The predicted octanol–water partition coefficient (Wildman–Crippen LogP) is 2.06. The predicted molar refractivity (Wildman–Crippen MR) is 82.9 cm³/mol. The average Bonchev–Trinajstić information content (AvgIpc) is 2.96. The molecule has 0 amide bonds. The third kappa shape index (κ3) is 2.28. The molecular weight excluding hydrogens is 297 g/mol. The van der Waals surface area contributed by atoms with Gasteiger partial charge >= 0.3 is 0 Å². The molecule has 0 bridgehead atoms. The number of nitrogens with zero attached hydrogens (tertiary/aromatic N) is 3. The molecule has 0 spiro atoms. The summed E-state index contributed by atoms with van der Waals surface area (Å²) in [5, 5.41) is 13.9. The largest absolute Gasteiger partial charge is 0.483 e. The minimum Gasteiger partial charge on any atom is -0.483 e. The Kier molecular flexibility index (Phi) is 3.32. The number of piperidine rings is 1.